The normalized spacial score (nSPS) is 11.3. The molecule has 4 nitrogen and oxygen atoms in total. The van der Waals surface area contributed by atoms with E-state index in [1.807, 2.05) is 30.3 Å². The highest BCUT2D eigenvalue weighted by molar-refractivity contribution is 6.11. The molecular formula is C44H26N4. The fraction of sp³-hybridized carbons (Fsp3) is 0. The molecule has 9 rings (SSSR count). The van der Waals surface area contributed by atoms with Crippen LogP contribution in [0.15, 0.2) is 158 Å². The van der Waals surface area contributed by atoms with Crippen molar-refractivity contribution in [3.8, 4) is 39.7 Å². The average molecular weight is 611 g/mol. The molecule has 0 radical (unpaired) electrons. The van der Waals surface area contributed by atoms with Crippen LogP contribution in [0.25, 0.3) is 82.1 Å². The van der Waals surface area contributed by atoms with Gasteiger partial charge in [0, 0.05) is 32.8 Å². The Morgan fingerprint density at radius 1 is 0.500 bits per heavy atom. The second-order valence-electron chi connectivity index (χ2n) is 11.9. The summed E-state index contributed by atoms with van der Waals surface area (Å²) in [4.78, 5) is 3.82. The van der Waals surface area contributed by atoms with Crippen molar-refractivity contribution in [1.29, 1.82) is 5.26 Å². The van der Waals surface area contributed by atoms with Crippen molar-refractivity contribution in [2.24, 2.45) is 0 Å². The SMILES string of the molecule is [C-]#[N+]c1ccc(-c2cccc(-n3c4ccccc4c4ccccc43)c2)c(-c2c(C#N)cccc2-n2c3ccccc3c3ccccc32)c1. The molecule has 0 aliphatic carbocycles. The predicted octanol–water partition coefficient (Wildman–Crippen LogP) is 11.6. The van der Waals surface area contributed by atoms with Crippen molar-refractivity contribution in [3.05, 3.63) is 175 Å². The Balaban J connectivity index is 1.33. The second-order valence-corrected chi connectivity index (χ2v) is 11.9. The third kappa shape index (κ3) is 4.07. The van der Waals surface area contributed by atoms with Gasteiger partial charge in [0.15, 0.2) is 5.69 Å². The zero-order valence-electron chi connectivity index (χ0n) is 25.8. The summed E-state index contributed by atoms with van der Waals surface area (Å²) in [5.74, 6) is 0. The van der Waals surface area contributed by atoms with E-state index in [9.17, 15) is 5.26 Å². The Morgan fingerprint density at radius 3 is 1.60 bits per heavy atom. The van der Waals surface area contributed by atoms with Gasteiger partial charge in [0.05, 0.1) is 46.0 Å². The number of rotatable bonds is 4. The van der Waals surface area contributed by atoms with Crippen molar-refractivity contribution in [3.63, 3.8) is 0 Å². The lowest BCUT2D eigenvalue weighted by atomic mass is 9.90. The molecule has 0 amide bonds. The third-order valence-electron chi connectivity index (χ3n) is 9.38. The highest BCUT2D eigenvalue weighted by Crippen LogP contribution is 2.43. The molecule has 7 aromatic carbocycles. The van der Waals surface area contributed by atoms with Crippen molar-refractivity contribution in [2.75, 3.05) is 0 Å². The van der Waals surface area contributed by atoms with Crippen LogP contribution in [0.1, 0.15) is 5.56 Å². The summed E-state index contributed by atoms with van der Waals surface area (Å²) in [5, 5.41) is 15.3. The molecule has 0 aliphatic heterocycles. The summed E-state index contributed by atoms with van der Waals surface area (Å²) in [5.41, 5.74) is 11.0. The van der Waals surface area contributed by atoms with Crippen molar-refractivity contribution < 1.29 is 0 Å². The Labute approximate surface area is 277 Å². The number of benzene rings is 7. The first kappa shape index (κ1) is 27.4. The number of para-hydroxylation sites is 4. The lowest BCUT2D eigenvalue weighted by Crippen LogP contribution is -2.00. The Hall–Kier alpha value is -6.88. The smallest absolute Gasteiger partial charge is 0.187 e. The Kier molecular flexibility index (Phi) is 6.22. The van der Waals surface area contributed by atoms with Crippen molar-refractivity contribution in [1.82, 2.24) is 9.13 Å². The average Bonchev–Trinajstić information content (AvgIpc) is 3.67. The molecule has 4 heteroatoms. The Bertz CT molecular complexity index is 2710. The van der Waals surface area contributed by atoms with Crippen LogP contribution in [0.3, 0.4) is 0 Å². The first-order valence-electron chi connectivity index (χ1n) is 15.9. The maximum absolute atomic E-state index is 10.6. The van der Waals surface area contributed by atoms with E-state index in [1.165, 1.54) is 10.8 Å². The molecule has 222 valence electrons. The Morgan fingerprint density at radius 2 is 1.04 bits per heavy atom. The molecule has 0 saturated carbocycles. The summed E-state index contributed by atoms with van der Waals surface area (Å²) >= 11 is 0. The molecule has 0 aliphatic rings. The number of nitrogens with zero attached hydrogens (tertiary/aromatic N) is 4. The zero-order chi connectivity index (χ0) is 32.2. The van der Waals surface area contributed by atoms with Crippen LogP contribution in [-0.2, 0) is 0 Å². The van der Waals surface area contributed by atoms with Gasteiger partial charge >= 0.3 is 0 Å². The molecule has 0 fully saturated rings. The second kappa shape index (κ2) is 10.9. The number of aromatic nitrogens is 2. The minimum absolute atomic E-state index is 0.521. The summed E-state index contributed by atoms with van der Waals surface area (Å²) in [6, 6.07) is 56.6. The van der Waals surface area contributed by atoms with Gasteiger partial charge in [-0.25, -0.2) is 4.85 Å². The van der Waals surface area contributed by atoms with E-state index < -0.39 is 0 Å². The molecule has 2 aromatic heterocycles. The minimum atomic E-state index is 0.521. The highest BCUT2D eigenvalue weighted by atomic mass is 15.0. The van der Waals surface area contributed by atoms with Crippen LogP contribution >= 0.6 is 0 Å². The quantitative estimate of drug-likeness (QED) is 0.183. The third-order valence-corrected chi connectivity index (χ3v) is 9.38. The zero-order valence-corrected chi connectivity index (χ0v) is 25.8. The van der Waals surface area contributed by atoms with Crippen LogP contribution < -0.4 is 0 Å². The molecule has 48 heavy (non-hydrogen) atoms. The van der Waals surface area contributed by atoms with Gasteiger partial charge in [0.25, 0.3) is 0 Å². The van der Waals surface area contributed by atoms with Crippen LogP contribution in [0, 0.1) is 17.9 Å². The monoisotopic (exact) mass is 610 g/mol. The van der Waals surface area contributed by atoms with E-state index >= 15 is 0 Å². The van der Waals surface area contributed by atoms with Gasteiger partial charge in [0.2, 0.25) is 0 Å². The summed E-state index contributed by atoms with van der Waals surface area (Å²) in [6.07, 6.45) is 0. The maximum Gasteiger partial charge on any atom is 0.187 e. The standard InChI is InChI=1S/C44H26N4/c1-46-31-24-25-33(29-12-10-14-32(26-29)47-39-19-6-2-15-34(39)35-16-3-7-20-40(35)47)38(27-31)44-30(28-45)13-11-23-43(44)48-41-21-8-4-17-36(41)37-18-5-9-22-42(37)48/h2-27H. The largest absolute Gasteiger partial charge is 0.309 e. The summed E-state index contributed by atoms with van der Waals surface area (Å²) in [7, 11) is 0. The molecule has 0 N–H and O–H groups in total. The summed E-state index contributed by atoms with van der Waals surface area (Å²) in [6.45, 7) is 7.92. The van der Waals surface area contributed by atoms with Crippen LogP contribution in [0.2, 0.25) is 0 Å². The van der Waals surface area contributed by atoms with E-state index in [-0.39, 0.29) is 0 Å². The molecule has 0 saturated heterocycles. The maximum atomic E-state index is 10.6. The van der Waals surface area contributed by atoms with E-state index in [1.54, 1.807) is 0 Å². The first-order valence-corrected chi connectivity index (χ1v) is 15.9. The fourth-order valence-corrected chi connectivity index (χ4v) is 7.36. The van der Waals surface area contributed by atoms with E-state index in [4.69, 9.17) is 6.57 Å². The van der Waals surface area contributed by atoms with Crippen molar-refractivity contribution >= 4 is 49.3 Å². The number of hydrogen-bond donors (Lipinski definition) is 0. The molecule has 9 aromatic rings. The van der Waals surface area contributed by atoms with Crippen molar-refractivity contribution in [2.45, 2.75) is 0 Å². The first-order chi connectivity index (χ1) is 23.7. The number of nitriles is 1. The van der Waals surface area contributed by atoms with Gasteiger partial charge in [0.1, 0.15) is 0 Å². The van der Waals surface area contributed by atoms with E-state index in [0.29, 0.717) is 11.3 Å². The van der Waals surface area contributed by atoms with Crippen LogP contribution in [0.5, 0.6) is 0 Å². The minimum Gasteiger partial charge on any atom is -0.309 e. The highest BCUT2D eigenvalue weighted by Gasteiger charge is 2.21. The lowest BCUT2D eigenvalue weighted by Gasteiger charge is -2.19. The lowest BCUT2D eigenvalue weighted by molar-refractivity contribution is 1.18. The predicted molar refractivity (Wildman–Crippen MR) is 197 cm³/mol. The molecule has 0 unspecified atom stereocenters. The van der Waals surface area contributed by atoms with Gasteiger partial charge in [-0.3, -0.25) is 0 Å². The van der Waals surface area contributed by atoms with Gasteiger partial charge in [-0.15, -0.1) is 0 Å². The topological polar surface area (TPSA) is 38.0 Å². The van der Waals surface area contributed by atoms with Crippen LogP contribution in [-0.4, -0.2) is 9.13 Å². The number of fused-ring (bicyclic) bond motifs is 6. The molecule has 0 spiro atoms. The van der Waals surface area contributed by atoms with Gasteiger partial charge in [-0.2, -0.15) is 5.26 Å². The van der Waals surface area contributed by atoms with E-state index in [2.05, 4.69) is 147 Å². The van der Waals surface area contributed by atoms with Gasteiger partial charge < -0.3 is 9.13 Å². The molecule has 2 heterocycles. The van der Waals surface area contributed by atoms with Crippen LogP contribution in [0.4, 0.5) is 5.69 Å². The number of hydrogen-bond acceptors (Lipinski definition) is 1. The molecular weight excluding hydrogens is 585 g/mol. The fourth-order valence-electron chi connectivity index (χ4n) is 7.36. The molecule has 0 atom stereocenters. The van der Waals surface area contributed by atoms with Gasteiger partial charge in [-0.05, 0) is 71.3 Å². The van der Waals surface area contributed by atoms with E-state index in [0.717, 1.165) is 66.5 Å². The molecule has 0 bridgehead atoms. The van der Waals surface area contributed by atoms with Gasteiger partial charge in [-0.1, -0.05) is 103 Å². The summed E-state index contributed by atoms with van der Waals surface area (Å²) < 4.78 is 4.57.